The lowest BCUT2D eigenvalue weighted by Gasteiger charge is -2.09. The number of hydrogen-bond donors (Lipinski definition) is 1. The van der Waals surface area contributed by atoms with Crippen molar-refractivity contribution in [2.75, 3.05) is 5.32 Å². The van der Waals surface area contributed by atoms with Crippen molar-refractivity contribution >= 4 is 34.2 Å². The van der Waals surface area contributed by atoms with Crippen LogP contribution in [0.5, 0.6) is 0 Å². The maximum Gasteiger partial charge on any atom is 0.207 e. The molecule has 3 nitrogen and oxygen atoms in total. The van der Waals surface area contributed by atoms with Gasteiger partial charge in [0, 0.05) is 12.7 Å². The SMILES string of the molecule is CCn1cc(C)nc1Nc1cccc(F)c1I. The maximum atomic E-state index is 13.4. The van der Waals surface area contributed by atoms with Crippen molar-refractivity contribution in [1.82, 2.24) is 9.55 Å². The van der Waals surface area contributed by atoms with E-state index in [0.29, 0.717) is 3.57 Å². The second-order valence-electron chi connectivity index (χ2n) is 3.72. The average Bonchev–Trinajstić information content (AvgIpc) is 2.65. The molecule has 0 bridgehead atoms. The second kappa shape index (κ2) is 5.03. The Balaban J connectivity index is 2.34. The summed E-state index contributed by atoms with van der Waals surface area (Å²) in [7, 11) is 0. The van der Waals surface area contributed by atoms with Crippen molar-refractivity contribution in [2.45, 2.75) is 20.4 Å². The standard InChI is InChI=1S/C12H13FIN3/c1-3-17-7-8(2)15-12(17)16-10-6-4-5-9(13)11(10)14/h4-7H,3H2,1-2H3,(H,15,16). The van der Waals surface area contributed by atoms with Gasteiger partial charge in [-0.05, 0) is 48.6 Å². The highest BCUT2D eigenvalue weighted by Crippen LogP contribution is 2.24. The van der Waals surface area contributed by atoms with E-state index in [4.69, 9.17) is 0 Å². The molecule has 5 heteroatoms. The number of halogens is 2. The first kappa shape index (κ1) is 12.3. The van der Waals surface area contributed by atoms with Crippen LogP contribution in [0.15, 0.2) is 24.4 Å². The Labute approximate surface area is 113 Å². The average molecular weight is 345 g/mol. The van der Waals surface area contributed by atoms with Crippen molar-refractivity contribution < 1.29 is 4.39 Å². The quantitative estimate of drug-likeness (QED) is 0.860. The first-order valence-corrected chi connectivity index (χ1v) is 6.44. The topological polar surface area (TPSA) is 29.9 Å². The van der Waals surface area contributed by atoms with E-state index in [2.05, 4.69) is 10.3 Å². The van der Waals surface area contributed by atoms with Gasteiger partial charge in [-0.3, -0.25) is 0 Å². The summed E-state index contributed by atoms with van der Waals surface area (Å²) in [5.74, 6) is 0.524. The summed E-state index contributed by atoms with van der Waals surface area (Å²) in [5.41, 5.74) is 1.69. The molecular formula is C12H13FIN3. The number of benzene rings is 1. The molecular weight excluding hydrogens is 332 g/mol. The molecule has 0 saturated heterocycles. The molecule has 0 aliphatic heterocycles. The minimum absolute atomic E-state index is 0.220. The van der Waals surface area contributed by atoms with Crippen LogP contribution in [-0.2, 0) is 6.54 Å². The molecule has 2 rings (SSSR count). The van der Waals surface area contributed by atoms with Gasteiger partial charge >= 0.3 is 0 Å². The number of rotatable bonds is 3. The van der Waals surface area contributed by atoms with Gasteiger partial charge in [-0.25, -0.2) is 9.37 Å². The number of aromatic nitrogens is 2. The number of aryl methyl sites for hydroxylation is 2. The lowest BCUT2D eigenvalue weighted by Crippen LogP contribution is -2.03. The van der Waals surface area contributed by atoms with Gasteiger partial charge in [0.2, 0.25) is 5.95 Å². The predicted molar refractivity (Wildman–Crippen MR) is 75.0 cm³/mol. The third kappa shape index (κ3) is 2.59. The van der Waals surface area contributed by atoms with Gasteiger partial charge in [-0.1, -0.05) is 6.07 Å². The molecule has 2 aromatic rings. The van der Waals surface area contributed by atoms with E-state index >= 15 is 0 Å². The molecule has 0 unspecified atom stereocenters. The Hall–Kier alpha value is -1.11. The van der Waals surface area contributed by atoms with Gasteiger partial charge < -0.3 is 9.88 Å². The van der Waals surface area contributed by atoms with Crippen LogP contribution in [0.3, 0.4) is 0 Å². The summed E-state index contributed by atoms with van der Waals surface area (Å²) in [5, 5.41) is 3.16. The molecule has 0 atom stereocenters. The van der Waals surface area contributed by atoms with Crippen LogP contribution in [0.2, 0.25) is 0 Å². The smallest absolute Gasteiger partial charge is 0.207 e. The number of anilines is 2. The molecule has 0 aliphatic carbocycles. The highest BCUT2D eigenvalue weighted by Gasteiger charge is 2.09. The third-order valence-electron chi connectivity index (χ3n) is 2.44. The van der Waals surface area contributed by atoms with Crippen LogP contribution in [0.4, 0.5) is 16.0 Å². The molecule has 17 heavy (non-hydrogen) atoms. The van der Waals surface area contributed by atoms with Gasteiger partial charge in [0.1, 0.15) is 5.82 Å². The van der Waals surface area contributed by atoms with Crippen LogP contribution in [0.1, 0.15) is 12.6 Å². The molecule has 0 radical (unpaired) electrons. The predicted octanol–water partition coefficient (Wildman–Crippen LogP) is 3.70. The first-order chi connectivity index (χ1) is 8.11. The van der Waals surface area contributed by atoms with E-state index in [1.165, 1.54) is 6.07 Å². The maximum absolute atomic E-state index is 13.4. The molecule has 0 fully saturated rings. The molecule has 90 valence electrons. The summed E-state index contributed by atoms with van der Waals surface area (Å²) in [4.78, 5) is 4.37. The molecule has 0 spiro atoms. The zero-order chi connectivity index (χ0) is 12.4. The van der Waals surface area contributed by atoms with Crippen LogP contribution < -0.4 is 5.32 Å². The van der Waals surface area contributed by atoms with Crippen molar-refractivity contribution in [2.24, 2.45) is 0 Å². The lowest BCUT2D eigenvalue weighted by molar-refractivity contribution is 0.621. The Morgan fingerprint density at radius 2 is 2.24 bits per heavy atom. The summed E-state index contributed by atoms with van der Waals surface area (Å²) in [6, 6.07) is 4.98. The largest absolute Gasteiger partial charge is 0.325 e. The number of imidazole rings is 1. The molecule has 0 saturated carbocycles. The fourth-order valence-electron chi connectivity index (χ4n) is 1.61. The summed E-state index contributed by atoms with van der Waals surface area (Å²) in [6.45, 7) is 4.81. The zero-order valence-corrected chi connectivity index (χ0v) is 11.8. The summed E-state index contributed by atoms with van der Waals surface area (Å²) in [6.07, 6.45) is 1.97. The number of nitrogens with one attached hydrogen (secondary N) is 1. The van der Waals surface area contributed by atoms with Crippen LogP contribution in [-0.4, -0.2) is 9.55 Å². The van der Waals surface area contributed by atoms with Crippen molar-refractivity contribution in [3.8, 4) is 0 Å². The Morgan fingerprint density at radius 1 is 1.47 bits per heavy atom. The van der Waals surface area contributed by atoms with E-state index in [1.807, 2.05) is 53.3 Å². The minimum atomic E-state index is -0.220. The Bertz CT molecular complexity index is 537. The van der Waals surface area contributed by atoms with Crippen molar-refractivity contribution in [3.05, 3.63) is 39.5 Å². The third-order valence-corrected chi connectivity index (χ3v) is 3.53. The highest BCUT2D eigenvalue weighted by atomic mass is 127. The summed E-state index contributed by atoms with van der Waals surface area (Å²) >= 11 is 1.99. The number of hydrogen-bond acceptors (Lipinski definition) is 2. The Kier molecular flexibility index (Phi) is 3.66. The fourth-order valence-corrected chi connectivity index (χ4v) is 2.10. The molecule has 1 aromatic carbocycles. The van der Waals surface area contributed by atoms with E-state index in [9.17, 15) is 4.39 Å². The Morgan fingerprint density at radius 3 is 2.94 bits per heavy atom. The van der Waals surface area contributed by atoms with Gasteiger partial charge in [-0.15, -0.1) is 0 Å². The van der Waals surface area contributed by atoms with Gasteiger partial charge in [0.15, 0.2) is 0 Å². The number of nitrogens with zero attached hydrogens (tertiary/aromatic N) is 2. The van der Waals surface area contributed by atoms with Crippen molar-refractivity contribution in [1.29, 1.82) is 0 Å². The van der Waals surface area contributed by atoms with Crippen LogP contribution >= 0.6 is 22.6 Å². The molecule has 0 amide bonds. The lowest BCUT2D eigenvalue weighted by atomic mass is 10.3. The van der Waals surface area contributed by atoms with Gasteiger partial charge in [-0.2, -0.15) is 0 Å². The molecule has 1 aromatic heterocycles. The van der Waals surface area contributed by atoms with E-state index in [0.717, 1.165) is 23.9 Å². The molecule has 1 heterocycles. The molecule has 1 N–H and O–H groups in total. The van der Waals surface area contributed by atoms with Crippen LogP contribution in [0.25, 0.3) is 0 Å². The van der Waals surface area contributed by atoms with Crippen molar-refractivity contribution in [3.63, 3.8) is 0 Å². The van der Waals surface area contributed by atoms with Gasteiger partial charge in [0.25, 0.3) is 0 Å². The highest BCUT2D eigenvalue weighted by molar-refractivity contribution is 14.1. The fraction of sp³-hybridized carbons (Fsp3) is 0.250. The van der Waals surface area contributed by atoms with Crippen LogP contribution in [0, 0.1) is 16.3 Å². The minimum Gasteiger partial charge on any atom is -0.325 e. The zero-order valence-electron chi connectivity index (χ0n) is 9.67. The second-order valence-corrected chi connectivity index (χ2v) is 4.80. The van der Waals surface area contributed by atoms with E-state index in [-0.39, 0.29) is 5.82 Å². The molecule has 0 aliphatic rings. The van der Waals surface area contributed by atoms with Gasteiger partial charge in [0.05, 0.1) is 15.0 Å². The van der Waals surface area contributed by atoms with E-state index < -0.39 is 0 Å². The van der Waals surface area contributed by atoms with E-state index in [1.54, 1.807) is 6.07 Å². The monoisotopic (exact) mass is 345 g/mol. The first-order valence-electron chi connectivity index (χ1n) is 5.36. The summed E-state index contributed by atoms with van der Waals surface area (Å²) < 4.78 is 16.0. The normalized spacial score (nSPS) is 10.6.